The van der Waals surface area contributed by atoms with Crippen molar-refractivity contribution in [2.45, 2.75) is 62.7 Å². The van der Waals surface area contributed by atoms with E-state index in [0.717, 1.165) is 4.90 Å². The standard InChI is InChI=1S/C23H24F4N2O4S.C5H12O/c24-16-12-17(25)21(27)22(20(16)26)33-13-19(31)18(8-11-30)28-23(32)14-6-9-29(10-7-14)34-15-4-2-1-3-5-15;1-5(2,3)6-4/h1-5,11-12,14,18-19,31H,6-10,13H2,(H,28,32);1-4H3. The Morgan fingerprint density at radius 3 is 2.17 bits per heavy atom. The maximum atomic E-state index is 13.7. The van der Waals surface area contributed by atoms with Crippen molar-refractivity contribution in [3.8, 4) is 5.75 Å². The lowest BCUT2D eigenvalue weighted by atomic mass is 9.96. The second-order valence-corrected chi connectivity index (χ2v) is 11.3. The fourth-order valence-corrected chi connectivity index (χ4v) is 4.49. The largest absolute Gasteiger partial charge is 0.485 e. The highest BCUT2D eigenvalue weighted by Crippen LogP contribution is 2.29. The second kappa shape index (κ2) is 15.9. The number of amides is 1. The maximum Gasteiger partial charge on any atom is 0.223 e. The second-order valence-electron chi connectivity index (χ2n) is 10.1. The first-order valence-corrected chi connectivity index (χ1v) is 13.5. The quantitative estimate of drug-likeness (QED) is 0.177. The molecule has 2 aromatic carbocycles. The number of nitrogens with zero attached hydrogens (tertiary/aromatic N) is 1. The monoisotopic (exact) mass is 588 g/mol. The van der Waals surface area contributed by atoms with Crippen LogP contribution in [0.2, 0.25) is 0 Å². The van der Waals surface area contributed by atoms with Crippen molar-refractivity contribution in [1.29, 1.82) is 0 Å². The average molecular weight is 589 g/mol. The minimum absolute atomic E-state index is 0.0348. The molecule has 0 aliphatic carbocycles. The molecule has 7 nitrogen and oxygen atoms in total. The summed E-state index contributed by atoms with van der Waals surface area (Å²) in [7, 11) is 1.71. The van der Waals surface area contributed by atoms with E-state index in [-0.39, 0.29) is 29.9 Å². The number of carbonyl (C=O) groups is 2. The van der Waals surface area contributed by atoms with E-state index < -0.39 is 47.8 Å². The molecule has 2 atom stereocenters. The van der Waals surface area contributed by atoms with Gasteiger partial charge >= 0.3 is 0 Å². The third kappa shape index (κ3) is 10.7. The van der Waals surface area contributed by atoms with E-state index in [1.54, 1.807) is 19.1 Å². The van der Waals surface area contributed by atoms with E-state index in [4.69, 9.17) is 9.47 Å². The number of ether oxygens (including phenoxy) is 2. The summed E-state index contributed by atoms with van der Waals surface area (Å²) in [5.41, 5.74) is 0.0417. The molecule has 1 heterocycles. The van der Waals surface area contributed by atoms with Crippen LogP contribution in [0.25, 0.3) is 0 Å². The Bertz CT molecular complexity index is 1070. The van der Waals surface area contributed by atoms with Crippen molar-refractivity contribution < 1.29 is 41.7 Å². The summed E-state index contributed by atoms with van der Waals surface area (Å²) in [5.74, 6) is -8.84. The molecule has 1 amide bonds. The van der Waals surface area contributed by atoms with Gasteiger partial charge in [-0.15, -0.1) is 0 Å². The molecule has 2 unspecified atom stereocenters. The third-order valence-corrected chi connectivity index (χ3v) is 7.13. The van der Waals surface area contributed by atoms with Gasteiger partial charge in [0.25, 0.3) is 0 Å². The minimum atomic E-state index is -1.75. The Kier molecular flexibility index (Phi) is 13.4. The van der Waals surface area contributed by atoms with Crippen LogP contribution < -0.4 is 10.1 Å². The zero-order valence-electron chi connectivity index (χ0n) is 23.0. The predicted molar refractivity (Wildman–Crippen MR) is 144 cm³/mol. The first-order chi connectivity index (χ1) is 18.9. The van der Waals surface area contributed by atoms with Gasteiger partial charge in [-0.25, -0.2) is 13.1 Å². The molecule has 12 heteroatoms. The molecule has 0 spiro atoms. The normalized spacial score (nSPS) is 15.9. The molecule has 40 heavy (non-hydrogen) atoms. The number of benzene rings is 2. The Balaban J connectivity index is 0.000000840. The highest BCUT2D eigenvalue weighted by atomic mass is 32.2. The lowest BCUT2D eigenvalue weighted by Crippen LogP contribution is -2.49. The Morgan fingerprint density at radius 1 is 1.12 bits per heavy atom. The molecule has 1 aliphatic rings. The number of halogens is 4. The summed E-state index contributed by atoms with van der Waals surface area (Å²) in [5, 5.41) is 12.9. The van der Waals surface area contributed by atoms with Gasteiger partial charge in [-0.3, -0.25) is 4.79 Å². The van der Waals surface area contributed by atoms with Crippen LogP contribution in [-0.2, 0) is 14.3 Å². The van der Waals surface area contributed by atoms with E-state index in [2.05, 4.69) is 9.62 Å². The molecule has 222 valence electrons. The minimum Gasteiger partial charge on any atom is -0.485 e. The molecule has 0 saturated carbocycles. The number of aliphatic hydroxyl groups excluding tert-OH is 1. The summed E-state index contributed by atoms with van der Waals surface area (Å²) >= 11 is 1.60. The third-order valence-electron chi connectivity index (χ3n) is 6.03. The zero-order chi connectivity index (χ0) is 29.9. The van der Waals surface area contributed by atoms with Crippen molar-refractivity contribution in [3.63, 3.8) is 0 Å². The molecular weight excluding hydrogens is 552 g/mol. The van der Waals surface area contributed by atoms with Crippen molar-refractivity contribution in [1.82, 2.24) is 9.62 Å². The molecule has 1 fully saturated rings. The summed E-state index contributed by atoms with van der Waals surface area (Å²) in [6.45, 7) is 6.57. The van der Waals surface area contributed by atoms with E-state index in [9.17, 15) is 32.3 Å². The van der Waals surface area contributed by atoms with Crippen LogP contribution in [0.15, 0.2) is 41.3 Å². The fraction of sp³-hybridized carbons (Fsp3) is 0.500. The van der Waals surface area contributed by atoms with Gasteiger partial charge in [0.05, 0.1) is 11.6 Å². The number of aldehydes is 1. The number of rotatable bonds is 10. The summed E-state index contributed by atoms with van der Waals surface area (Å²) in [6, 6.07) is 8.73. The Labute approximate surface area is 236 Å². The number of methoxy groups -OCH3 is 1. The van der Waals surface area contributed by atoms with Gasteiger partial charge < -0.3 is 24.7 Å². The molecule has 0 aromatic heterocycles. The number of piperidine rings is 1. The van der Waals surface area contributed by atoms with Crippen LogP contribution in [0.1, 0.15) is 40.0 Å². The average Bonchev–Trinajstić information content (AvgIpc) is 2.92. The molecule has 1 aliphatic heterocycles. The van der Waals surface area contributed by atoms with Gasteiger partial charge in [-0.2, -0.15) is 8.78 Å². The molecule has 3 rings (SSSR count). The van der Waals surface area contributed by atoms with E-state index in [1.807, 2.05) is 51.1 Å². The van der Waals surface area contributed by atoms with E-state index in [0.29, 0.717) is 32.2 Å². The SMILES string of the molecule is COC(C)(C)C.O=CCC(NC(=O)C1CCN(Sc2ccccc2)CC1)C(O)COc1c(F)c(F)cc(F)c1F. The topological polar surface area (TPSA) is 88.1 Å². The van der Waals surface area contributed by atoms with Gasteiger partial charge in [0.1, 0.15) is 19.0 Å². The van der Waals surface area contributed by atoms with Crippen LogP contribution in [0.4, 0.5) is 17.6 Å². The van der Waals surface area contributed by atoms with Crippen LogP contribution in [0.3, 0.4) is 0 Å². The summed E-state index contributed by atoms with van der Waals surface area (Å²) in [6.07, 6.45) is -0.263. The highest BCUT2D eigenvalue weighted by Gasteiger charge is 2.30. The lowest BCUT2D eigenvalue weighted by molar-refractivity contribution is -0.128. The number of aliphatic hydroxyl groups is 1. The lowest BCUT2D eigenvalue weighted by Gasteiger charge is -2.31. The van der Waals surface area contributed by atoms with Gasteiger partial charge in [0, 0.05) is 43.5 Å². The number of hydrogen-bond donors (Lipinski definition) is 2. The predicted octanol–water partition coefficient (Wildman–Crippen LogP) is 4.91. The molecule has 2 aromatic rings. The van der Waals surface area contributed by atoms with Gasteiger partial charge in [0.2, 0.25) is 17.5 Å². The van der Waals surface area contributed by atoms with E-state index in [1.165, 1.54) is 0 Å². The number of carbonyl (C=O) groups excluding carboxylic acids is 2. The first-order valence-electron chi connectivity index (χ1n) is 12.8. The summed E-state index contributed by atoms with van der Waals surface area (Å²) < 4.78 is 66.0. The van der Waals surface area contributed by atoms with Crippen molar-refractivity contribution in [2.24, 2.45) is 5.92 Å². The van der Waals surface area contributed by atoms with Gasteiger partial charge in [-0.1, -0.05) is 18.2 Å². The highest BCUT2D eigenvalue weighted by molar-refractivity contribution is 7.97. The van der Waals surface area contributed by atoms with Crippen molar-refractivity contribution in [3.05, 3.63) is 59.7 Å². The van der Waals surface area contributed by atoms with Crippen LogP contribution >= 0.6 is 11.9 Å². The smallest absolute Gasteiger partial charge is 0.223 e. The molecule has 0 bridgehead atoms. The van der Waals surface area contributed by atoms with Gasteiger partial charge in [-0.05, 0) is 57.7 Å². The molecular formula is C28H36F4N2O5S. The van der Waals surface area contributed by atoms with Crippen LogP contribution in [-0.4, -0.2) is 66.2 Å². The van der Waals surface area contributed by atoms with Gasteiger partial charge in [0.15, 0.2) is 17.4 Å². The maximum absolute atomic E-state index is 13.7. The van der Waals surface area contributed by atoms with Crippen LogP contribution in [0.5, 0.6) is 5.75 Å². The fourth-order valence-electron chi connectivity index (χ4n) is 3.52. The first kappa shape index (κ1) is 33.5. The molecule has 1 saturated heterocycles. The van der Waals surface area contributed by atoms with Crippen molar-refractivity contribution >= 4 is 24.1 Å². The molecule has 0 radical (unpaired) electrons. The summed E-state index contributed by atoms with van der Waals surface area (Å²) in [4.78, 5) is 24.8. The Hall–Kier alpha value is -2.67. The van der Waals surface area contributed by atoms with Crippen molar-refractivity contribution in [2.75, 3.05) is 26.8 Å². The van der Waals surface area contributed by atoms with E-state index >= 15 is 0 Å². The molecule has 2 N–H and O–H groups in total. The van der Waals surface area contributed by atoms with Crippen LogP contribution in [0, 0.1) is 29.2 Å². The zero-order valence-corrected chi connectivity index (χ0v) is 23.8. The Morgan fingerprint density at radius 2 is 1.68 bits per heavy atom. The number of hydrogen-bond acceptors (Lipinski definition) is 7. The number of nitrogens with one attached hydrogen (secondary N) is 1.